The lowest BCUT2D eigenvalue weighted by Crippen LogP contribution is -2.14. The van der Waals surface area contributed by atoms with Gasteiger partial charge in [0, 0.05) is 16.3 Å². The molecular weight excluding hydrogens is 274 g/mol. The van der Waals surface area contributed by atoms with E-state index < -0.39 is 0 Å². The first-order chi connectivity index (χ1) is 9.52. The van der Waals surface area contributed by atoms with Gasteiger partial charge in [0.2, 0.25) is 0 Å². The Hall–Kier alpha value is -2.25. The summed E-state index contributed by atoms with van der Waals surface area (Å²) in [4.78, 5) is 15.1. The molecule has 2 rings (SSSR count). The maximum absolute atomic E-state index is 12.0. The Bertz CT molecular complexity index is 680. The fourth-order valence-electron chi connectivity index (χ4n) is 1.90. The van der Waals surface area contributed by atoms with Crippen molar-refractivity contribution in [2.75, 3.05) is 11.9 Å². The highest BCUT2D eigenvalue weighted by Gasteiger charge is 2.12. The highest BCUT2D eigenvalue weighted by atomic mass is 35.5. The van der Waals surface area contributed by atoms with Crippen molar-refractivity contribution in [3.63, 3.8) is 0 Å². The summed E-state index contributed by atoms with van der Waals surface area (Å²) >= 11 is 5.78. The fraction of sp³-hybridized carbons (Fsp3) is 0.200. The van der Waals surface area contributed by atoms with Gasteiger partial charge in [0.05, 0.1) is 12.1 Å². The largest absolute Gasteiger partial charge is 0.363 e. The predicted molar refractivity (Wildman–Crippen MR) is 79.3 cm³/mol. The SMILES string of the molecule is Cc1[nH]c(NCC(=O)c2ccc(Cl)cc2)c(C#N)c1C. The van der Waals surface area contributed by atoms with E-state index in [0.29, 0.717) is 22.0 Å². The number of anilines is 1. The summed E-state index contributed by atoms with van der Waals surface area (Å²) in [6, 6.07) is 8.86. The number of rotatable bonds is 4. The Morgan fingerprint density at radius 3 is 2.60 bits per heavy atom. The topological polar surface area (TPSA) is 68.7 Å². The van der Waals surface area contributed by atoms with Crippen molar-refractivity contribution in [1.82, 2.24) is 4.98 Å². The van der Waals surface area contributed by atoms with E-state index in [1.54, 1.807) is 24.3 Å². The van der Waals surface area contributed by atoms with Gasteiger partial charge < -0.3 is 10.3 Å². The van der Waals surface area contributed by atoms with Crippen LogP contribution >= 0.6 is 11.6 Å². The third-order valence-electron chi connectivity index (χ3n) is 3.20. The summed E-state index contributed by atoms with van der Waals surface area (Å²) < 4.78 is 0. The van der Waals surface area contributed by atoms with Crippen LogP contribution in [0, 0.1) is 25.2 Å². The van der Waals surface area contributed by atoms with Gasteiger partial charge in [-0.15, -0.1) is 0 Å². The van der Waals surface area contributed by atoms with E-state index in [2.05, 4.69) is 16.4 Å². The van der Waals surface area contributed by atoms with Crippen LogP contribution in [-0.2, 0) is 0 Å². The zero-order valence-electron chi connectivity index (χ0n) is 11.2. The summed E-state index contributed by atoms with van der Waals surface area (Å²) in [5.41, 5.74) is 2.95. The summed E-state index contributed by atoms with van der Waals surface area (Å²) in [6.07, 6.45) is 0. The Morgan fingerprint density at radius 1 is 1.35 bits per heavy atom. The molecule has 0 spiro atoms. The number of aromatic amines is 1. The van der Waals surface area contributed by atoms with Gasteiger partial charge in [-0.2, -0.15) is 5.26 Å². The fourth-order valence-corrected chi connectivity index (χ4v) is 2.02. The number of hydrogen-bond acceptors (Lipinski definition) is 3. The quantitative estimate of drug-likeness (QED) is 0.846. The number of Topliss-reactive ketones (excluding diaryl/α,β-unsaturated/α-hetero) is 1. The number of carbonyl (C=O) groups is 1. The Morgan fingerprint density at radius 2 is 2.00 bits per heavy atom. The Balaban J connectivity index is 2.09. The first kappa shape index (κ1) is 14.2. The average molecular weight is 288 g/mol. The number of nitriles is 1. The molecule has 0 unspecified atom stereocenters. The van der Waals surface area contributed by atoms with Crippen molar-refractivity contribution >= 4 is 23.2 Å². The van der Waals surface area contributed by atoms with E-state index in [1.165, 1.54) is 0 Å². The molecule has 0 aliphatic rings. The number of ketones is 1. The van der Waals surface area contributed by atoms with Gasteiger partial charge in [-0.05, 0) is 43.7 Å². The molecule has 2 aromatic rings. The van der Waals surface area contributed by atoms with E-state index in [4.69, 9.17) is 16.9 Å². The molecule has 0 atom stereocenters. The van der Waals surface area contributed by atoms with E-state index in [9.17, 15) is 4.79 Å². The van der Waals surface area contributed by atoms with Crippen LogP contribution < -0.4 is 5.32 Å². The maximum Gasteiger partial charge on any atom is 0.181 e. The van der Waals surface area contributed by atoms with Gasteiger partial charge in [-0.1, -0.05) is 11.6 Å². The van der Waals surface area contributed by atoms with Gasteiger partial charge in [-0.3, -0.25) is 4.79 Å². The van der Waals surface area contributed by atoms with Crippen LogP contribution in [0.5, 0.6) is 0 Å². The van der Waals surface area contributed by atoms with E-state index in [0.717, 1.165) is 11.3 Å². The minimum absolute atomic E-state index is 0.0598. The molecule has 1 aromatic heterocycles. The summed E-state index contributed by atoms with van der Waals surface area (Å²) in [6.45, 7) is 3.88. The Labute approximate surface area is 122 Å². The third-order valence-corrected chi connectivity index (χ3v) is 3.46. The lowest BCUT2D eigenvalue weighted by atomic mass is 10.1. The monoisotopic (exact) mass is 287 g/mol. The van der Waals surface area contributed by atoms with Crippen molar-refractivity contribution in [2.45, 2.75) is 13.8 Å². The number of nitrogens with zero attached hydrogens (tertiary/aromatic N) is 1. The molecule has 0 radical (unpaired) electrons. The second kappa shape index (κ2) is 5.81. The van der Waals surface area contributed by atoms with E-state index in [-0.39, 0.29) is 12.3 Å². The van der Waals surface area contributed by atoms with Crippen LogP contribution in [0.15, 0.2) is 24.3 Å². The maximum atomic E-state index is 12.0. The summed E-state index contributed by atoms with van der Waals surface area (Å²) in [5.74, 6) is 0.528. The minimum Gasteiger partial charge on any atom is -0.363 e. The molecule has 102 valence electrons. The van der Waals surface area contributed by atoms with Crippen LogP contribution in [0.25, 0.3) is 0 Å². The first-order valence-corrected chi connectivity index (χ1v) is 6.52. The number of carbonyl (C=O) groups excluding carboxylic acids is 1. The third kappa shape index (κ3) is 2.84. The van der Waals surface area contributed by atoms with Crippen molar-refractivity contribution in [2.24, 2.45) is 0 Å². The number of hydrogen-bond donors (Lipinski definition) is 2. The number of H-pyrrole nitrogens is 1. The molecule has 0 saturated carbocycles. The van der Waals surface area contributed by atoms with Crippen LogP contribution in [0.3, 0.4) is 0 Å². The van der Waals surface area contributed by atoms with Gasteiger partial charge >= 0.3 is 0 Å². The zero-order chi connectivity index (χ0) is 14.7. The number of aryl methyl sites for hydroxylation is 1. The van der Waals surface area contributed by atoms with Crippen LogP contribution in [0.2, 0.25) is 5.02 Å². The molecule has 2 N–H and O–H groups in total. The van der Waals surface area contributed by atoms with E-state index in [1.807, 2.05) is 13.8 Å². The van der Waals surface area contributed by atoms with Crippen molar-refractivity contribution in [3.8, 4) is 6.07 Å². The van der Waals surface area contributed by atoms with Gasteiger partial charge in [0.1, 0.15) is 11.9 Å². The van der Waals surface area contributed by atoms with Crippen LogP contribution in [0.1, 0.15) is 27.2 Å². The van der Waals surface area contributed by atoms with Crippen LogP contribution in [-0.4, -0.2) is 17.3 Å². The molecule has 1 aromatic carbocycles. The Kier molecular flexibility index (Phi) is 4.11. The predicted octanol–water partition coefficient (Wildman–Crippen LogP) is 3.45. The number of benzene rings is 1. The van der Waals surface area contributed by atoms with Crippen molar-refractivity contribution in [1.29, 1.82) is 5.26 Å². The summed E-state index contributed by atoms with van der Waals surface area (Å²) in [7, 11) is 0. The minimum atomic E-state index is -0.0598. The lowest BCUT2D eigenvalue weighted by Gasteiger charge is -2.04. The number of aromatic nitrogens is 1. The normalized spacial score (nSPS) is 10.1. The second-order valence-corrected chi connectivity index (χ2v) is 4.96. The molecule has 0 aliphatic heterocycles. The molecule has 4 nitrogen and oxygen atoms in total. The van der Waals surface area contributed by atoms with E-state index >= 15 is 0 Å². The molecule has 0 amide bonds. The lowest BCUT2D eigenvalue weighted by molar-refractivity contribution is 0.101. The van der Waals surface area contributed by atoms with Crippen molar-refractivity contribution < 1.29 is 4.79 Å². The van der Waals surface area contributed by atoms with Gasteiger partial charge in [0.15, 0.2) is 5.78 Å². The summed E-state index contributed by atoms with van der Waals surface area (Å²) in [5, 5.41) is 12.7. The molecule has 0 bridgehead atoms. The molecular formula is C15H14ClN3O. The smallest absolute Gasteiger partial charge is 0.181 e. The zero-order valence-corrected chi connectivity index (χ0v) is 12.0. The van der Waals surface area contributed by atoms with Crippen LogP contribution in [0.4, 0.5) is 5.82 Å². The molecule has 0 saturated heterocycles. The van der Waals surface area contributed by atoms with Gasteiger partial charge in [0.25, 0.3) is 0 Å². The standard InChI is InChI=1S/C15H14ClN3O/c1-9-10(2)19-15(13(9)7-17)18-8-14(20)11-3-5-12(16)6-4-11/h3-6,18-19H,8H2,1-2H3. The van der Waals surface area contributed by atoms with Crippen molar-refractivity contribution in [3.05, 3.63) is 51.7 Å². The highest BCUT2D eigenvalue weighted by molar-refractivity contribution is 6.30. The molecule has 0 aliphatic carbocycles. The number of halogens is 1. The first-order valence-electron chi connectivity index (χ1n) is 6.15. The van der Waals surface area contributed by atoms with Gasteiger partial charge in [-0.25, -0.2) is 0 Å². The molecule has 5 heteroatoms. The number of nitrogens with one attached hydrogen (secondary N) is 2. The average Bonchev–Trinajstić information content (AvgIpc) is 2.71. The molecule has 0 fully saturated rings. The molecule has 1 heterocycles. The second-order valence-electron chi connectivity index (χ2n) is 4.52. The highest BCUT2D eigenvalue weighted by Crippen LogP contribution is 2.21. The molecule has 20 heavy (non-hydrogen) atoms.